The summed E-state index contributed by atoms with van der Waals surface area (Å²) in [7, 11) is 0. The molecular formula is C11H12ClN3S. The van der Waals surface area contributed by atoms with Crippen LogP contribution in [0.1, 0.15) is 26.3 Å². The fourth-order valence-corrected chi connectivity index (χ4v) is 2.64. The van der Waals surface area contributed by atoms with E-state index in [2.05, 4.69) is 28.4 Å². The third-order valence-electron chi connectivity index (χ3n) is 3.29. The van der Waals surface area contributed by atoms with Gasteiger partial charge in [0, 0.05) is 12.2 Å². The van der Waals surface area contributed by atoms with Crippen LogP contribution >= 0.6 is 23.8 Å². The second kappa shape index (κ2) is 3.08. The molecule has 0 radical (unpaired) electrons. The van der Waals surface area contributed by atoms with Crippen LogP contribution in [-0.4, -0.2) is 14.5 Å². The Hall–Kier alpha value is -0.870. The highest BCUT2D eigenvalue weighted by Crippen LogP contribution is 2.56. The summed E-state index contributed by atoms with van der Waals surface area (Å²) in [6, 6.07) is 2.33. The maximum Gasteiger partial charge on any atom is 0.179 e. The molecule has 2 aromatic rings. The van der Waals surface area contributed by atoms with Gasteiger partial charge in [0.2, 0.25) is 0 Å². The predicted octanol–water partition coefficient (Wildman–Crippen LogP) is 3.72. The molecule has 3 rings (SSSR count). The summed E-state index contributed by atoms with van der Waals surface area (Å²) >= 11 is 11.2. The van der Waals surface area contributed by atoms with Gasteiger partial charge in [-0.3, -0.25) is 4.57 Å². The number of aromatic amines is 1. The van der Waals surface area contributed by atoms with Crippen molar-refractivity contribution in [2.45, 2.75) is 26.3 Å². The van der Waals surface area contributed by atoms with Crippen LogP contribution in [-0.2, 0) is 0 Å². The average molecular weight is 254 g/mol. The van der Waals surface area contributed by atoms with Crippen LogP contribution in [0.2, 0.25) is 5.02 Å². The van der Waals surface area contributed by atoms with Crippen LogP contribution in [0.25, 0.3) is 11.2 Å². The Labute approximate surface area is 103 Å². The molecule has 0 saturated heterocycles. The topological polar surface area (TPSA) is 33.6 Å². The SMILES string of the molecule is CC1(C)CC1n1c(=S)[nH]c2cc(Cl)cnc21. The lowest BCUT2D eigenvalue weighted by Gasteiger charge is -2.05. The van der Waals surface area contributed by atoms with Crippen molar-refractivity contribution in [2.75, 3.05) is 0 Å². The number of halogens is 1. The van der Waals surface area contributed by atoms with E-state index in [0.29, 0.717) is 16.5 Å². The molecule has 1 unspecified atom stereocenters. The minimum Gasteiger partial charge on any atom is -0.329 e. The minimum absolute atomic E-state index is 0.328. The van der Waals surface area contributed by atoms with Crippen molar-refractivity contribution < 1.29 is 0 Å². The van der Waals surface area contributed by atoms with Crippen molar-refractivity contribution in [3.05, 3.63) is 22.1 Å². The first-order valence-electron chi connectivity index (χ1n) is 5.25. The Morgan fingerprint density at radius 1 is 1.62 bits per heavy atom. The number of rotatable bonds is 1. The zero-order valence-corrected chi connectivity index (χ0v) is 10.7. The maximum absolute atomic E-state index is 5.91. The lowest BCUT2D eigenvalue weighted by Crippen LogP contribution is -2.01. The number of aromatic nitrogens is 3. The molecule has 1 aliphatic rings. The van der Waals surface area contributed by atoms with E-state index in [-0.39, 0.29) is 0 Å². The van der Waals surface area contributed by atoms with Gasteiger partial charge in [0.1, 0.15) is 0 Å². The Morgan fingerprint density at radius 2 is 2.31 bits per heavy atom. The van der Waals surface area contributed by atoms with Gasteiger partial charge in [-0.1, -0.05) is 25.4 Å². The molecule has 0 amide bonds. The fourth-order valence-electron chi connectivity index (χ4n) is 2.16. The maximum atomic E-state index is 5.91. The number of fused-ring (bicyclic) bond motifs is 1. The molecule has 0 aromatic carbocycles. The predicted molar refractivity (Wildman–Crippen MR) is 67.4 cm³/mol. The Balaban J connectivity index is 2.25. The van der Waals surface area contributed by atoms with Crippen molar-refractivity contribution in [3.63, 3.8) is 0 Å². The van der Waals surface area contributed by atoms with E-state index in [4.69, 9.17) is 23.8 Å². The van der Waals surface area contributed by atoms with Gasteiger partial charge in [-0.15, -0.1) is 0 Å². The second-order valence-electron chi connectivity index (χ2n) is 5.03. The molecule has 2 aromatic heterocycles. The van der Waals surface area contributed by atoms with Gasteiger partial charge in [0.25, 0.3) is 0 Å². The molecule has 3 nitrogen and oxygen atoms in total. The molecule has 84 valence electrons. The third-order valence-corrected chi connectivity index (χ3v) is 3.80. The minimum atomic E-state index is 0.328. The first kappa shape index (κ1) is 10.3. The lowest BCUT2D eigenvalue weighted by atomic mass is 10.2. The quantitative estimate of drug-likeness (QED) is 0.786. The van der Waals surface area contributed by atoms with E-state index in [0.717, 1.165) is 22.4 Å². The smallest absolute Gasteiger partial charge is 0.179 e. The standard InChI is InChI=1S/C11H12ClN3S/c1-11(2)4-8(11)15-9-7(14-10(15)16)3-6(12)5-13-9/h3,5,8H,4H2,1-2H3,(H,14,16). The Morgan fingerprint density at radius 3 is 2.94 bits per heavy atom. The summed E-state index contributed by atoms with van der Waals surface area (Å²) in [6.45, 7) is 4.49. The van der Waals surface area contributed by atoms with Gasteiger partial charge in [-0.2, -0.15) is 0 Å². The summed E-state index contributed by atoms with van der Waals surface area (Å²) < 4.78 is 2.85. The third kappa shape index (κ3) is 1.40. The van der Waals surface area contributed by atoms with Gasteiger partial charge >= 0.3 is 0 Å². The number of nitrogens with zero attached hydrogens (tertiary/aromatic N) is 2. The molecule has 0 spiro atoms. The molecule has 0 aliphatic heterocycles. The van der Waals surface area contributed by atoms with Crippen molar-refractivity contribution in [3.8, 4) is 0 Å². The normalized spacial score (nSPS) is 22.6. The first-order valence-corrected chi connectivity index (χ1v) is 6.03. The number of nitrogens with one attached hydrogen (secondary N) is 1. The van der Waals surface area contributed by atoms with E-state index in [1.807, 2.05) is 6.07 Å². The monoisotopic (exact) mass is 253 g/mol. The highest BCUT2D eigenvalue weighted by Gasteiger charge is 2.48. The number of pyridine rings is 1. The molecule has 1 atom stereocenters. The van der Waals surface area contributed by atoms with Gasteiger partial charge in [-0.25, -0.2) is 4.98 Å². The zero-order valence-electron chi connectivity index (χ0n) is 9.12. The number of hydrogen-bond acceptors (Lipinski definition) is 2. The summed E-state index contributed by atoms with van der Waals surface area (Å²) in [5.74, 6) is 0. The van der Waals surface area contributed by atoms with E-state index in [1.165, 1.54) is 0 Å². The lowest BCUT2D eigenvalue weighted by molar-refractivity contribution is 0.544. The van der Waals surface area contributed by atoms with E-state index in [9.17, 15) is 0 Å². The number of imidazole rings is 1. The van der Waals surface area contributed by atoms with Gasteiger partial charge in [0.05, 0.1) is 10.5 Å². The van der Waals surface area contributed by atoms with Crippen LogP contribution in [0.4, 0.5) is 0 Å². The van der Waals surface area contributed by atoms with E-state index in [1.54, 1.807) is 6.20 Å². The molecule has 1 N–H and O–H groups in total. The van der Waals surface area contributed by atoms with Gasteiger partial charge < -0.3 is 4.98 Å². The summed E-state index contributed by atoms with van der Waals surface area (Å²) in [4.78, 5) is 7.52. The van der Waals surface area contributed by atoms with Crippen LogP contribution in [0, 0.1) is 10.2 Å². The zero-order chi connectivity index (χ0) is 11.5. The second-order valence-corrected chi connectivity index (χ2v) is 5.86. The molecule has 1 fully saturated rings. The molecule has 0 bridgehead atoms. The van der Waals surface area contributed by atoms with Crippen molar-refractivity contribution in [2.24, 2.45) is 5.41 Å². The first-order chi connectivity index (χ1) is 7.49. The fraction of sp³-hybridized carbons (Fsp3) is 0.455. The highest BCUT2D eigenvalue weighted by molar-refractivity contribution is 7.71. The average Bonchev–Trinajstić information content (AvgIpc) is 2.67. The van der Waals surface area contributed by atoms with Crippen molar-refractivity contribution in [1.82, 2.24) is 14.5 Å². The van der Waals surface area contributed by atoms with E-state index >= 15 is 0 Å². The summed E-state index contributed by atoms with van der Waals surface area (Å²) in [6.07, 6.45) is 2.82. The van der Waals surface area contributed by atoms with Crippen molar-refractivity contribution >= 4 is 35.0 Å². The molecule has 2 heterocycles. The molecule has 5 heteroatoms. The van der Waals surface area contributed by atoms with E-state index < -0.39 is 0 Å². The Kier molecular flexibility index (Phi) is 1.98. The largest absolute Gasteiger partial charge is 0.329 e. The summed E-state index contributed by atoms with van der Waals surface area (Å²) in [5, 5.41) is 0.631. The molecule has 1 saturated carbocycles. The number of H-pyrrole nitrogens is 1. The molecule has 1 aliphatic carbocycles. The Bertz CT molecular complexity index is 626. The molecule has 16 heavy (non-hydrogen) atoms. The summed E-state index contributed by atoms with van der Waals surface area (Å²) in [5.41, 5.74) is 2.15. The van der Waals surface area contributed by atoms with Gasteiger partial charge in [-0.05, 0) is 30.1 Å². The molecular weight excluding hydrogens is 242 g/mol. The van der Waals surface area contributed by atoms with Gasteiger partial charge in [0.15, 0.2) is 10.4 Å². The van der Waals surface area contributed by atoms with Crippen LogP contribution in [0.3, 0.4) is 0 Å². The highest BCUT2D eigenvalue weighted by atomic mass is 35.5. The van der Waals surface area contributed by atoms with Crippen molar-refractivity contribution in [1.29, 1.82) is 0 Å². The van der Waals surface area contributed by atoms with Crippen LogP contribution in [0.5, 0.6) is 0 Å². The van der Waals surface area contributed by atoms with Crippen LogP contribution < -0.4 is 0 Å². The number of hydrogen-bond donors (Lipinski definition) is 1. The van der Waals surface area contributed by atoms with Crippen LogP contribution in [0.15, 0.2) is 12.3 Å².